The number of hydrogen-bond donors (Lipinski definition) is 0. The third kappa shape index (κ3) is 12.5. The molecule has 0 atom stereocenters. The van der Waals surface area contributed by atoms with E-state index in [1.165, 1.54) is 83.5 Å². The van der Waals surface area contributed by atoms with Crippen molar-refractivity contribution in [2.45, 2.75) is 6.42 Å². The maximum atomic E-state index is 6.23. The molecule has 0 fully saturated rings. The van der Waals surface area contributed by atoms with Crippen molar-refractivity contribution in [2.24, 2.45) is 0 Å². The molecule has 0 aliphatic heterocycles. The smallest absolute Gasteiger partial charge is 0.136 e. The van der Waals surface area contributed by atoms with Gasteiger partial charge < -0.3 is 23.1 Å². The van der Waals surface area contributed by atoms with Crippen molar-refractivity contribution in [2.75, 3.05) is 9.80 Å². The lowest BCUT2D eigenvalue weighted by Crippen LogP contribution is -2.09. The molecular formula is C109H72N2O3. The van der Waals surface area contributed by atoms with Crippen LogP contribution in [0.1, 0.15) is 11.1 Å². The highest BCUT2D eigenvalue weighted by molar-refractivity contribution is 6.13. The largest absolute Gasteiger partial charge is 0.456 e. The molecule has 0 bridgehead atoms. The Morgan fingerprint density at radius 1 is 0.167 bits per heavy atom. The van der Waals surface area contributed by atoms with Crippen LogP contribution in [-0.2, 0) is 6.42 Å². The van der Waals surface area contributed by atoms with Crippen LogP contribution < -0.4 is 9.80 Å². The van der Waals surface area contributed by atoms with E-state index in [9.17, 15) is 0 Å². The Morgan fingerprint density at radius 2 is 0.439 bits per heavy atom. The SMILES string of the molecule is c1ccc(-c2ccc(-c3ccc(N(c4ccc(-c5ccc6oc7ccccc7c6c5)cc4)c4ccc(-c5ccc6oc7ccccc7c6c5)cc4)cc3)cc2)cc1.c1ccc(-c2ccc(-c3ccc(N(c4ccc(-c5cccc6c5-c5ccccc5C6)cc4)c4ccc(-c5cccc6oc7ccccc7c56)cc4)cc3)cc2)cc1. The average molecular weight is 1460 g/mol. The van der Waals surface area contributed by atoms with Gasteiger partial charge in [-0.3, -0.25) is 0 Å². The minimum absolute atomic E-state index is 0.903. The lowest BCUT2D eigenvalue weighted by Gasteiger charge is -2.26. The molecule has 0 amide bonds. The Balaban J connectivity index is 0.000000143. The van der Waals surface area contributed by atoms with Crippen LogP contribution in [0.5, 0.6) is 0 Å². The summed E-state index contributed by atoms with van der Waals surface area (Å²) in [7, 11) is 0. The Kier molecular flexibility index (Phi) is 16.9. The van der Waals surface area contributed by atoms with Gasteiger partial charge in [-0.05, 0) is 239 Å². The van der Waals surface area contributed by atoms with Gasteiger partial charge >= 0.3 is 0 Å². The summed E-state index contributed by atoms with van der Waals surface area (Å²) in [5.74, 6) is 0. The molecule has 0 N–H and O–H groups in total. The predicted molar refractivity (Wildman–Crippen MR) is 476 cm³/mol. The molecule has 114 heavy (non-hydrogen) atoms. The van der Waals surface area contributed by atoms with Crippen LogP contribution in [0.3, 0.4) is 0 Å². The van der Waals surface area contributed by atoms with Crippen LogP contribution >= 0.6 is 0 Å². The quantitative estimate of drug-likeness (QED) is 0.109. The zero-order valence-electron chi connectivity index (χ0n) is 62.2. The van der Waals surface area contributed by atoms with Gasteiger partial charge in [0.05, 0.1) is 0 Å². The fraction of sp³-hybridized carbons (Fsp3) is 0.00917. The summed E-state index contributed by atoms with van der Waals surface area (Å²) in [6, 6.07) is 152. The Morgan fingerprint density at radius 3 is 0.877 bits per heavy atom. The number of hydrogen-bond acceptors (Lipinski definition) is 5. The van der Waals surface area contributed by atoms with Crippen LogP contribution in [0.2, 0.25) is 0 Å². The lowest BCUT2D eigenvalue weighted by atomic mass is 9.94. The van der Waals surface area contributed by atoms with E-state index in [0.29, 0.717) is 0 Å². The first-order valence-corrected chi connectivity index (χ1v) is 38.9. The monoisotopic (exact) mass is 1460 g/mol. The molecule has 0 saturated carbocycles. The Bertz CT molecular complexity index is 6950. The summed E-state index contributed by atoms with van der Waals surface area (Å²) in [6.07, 6.45) is 0.986. The van der Waals surface area contributed by atoms with Crippen LogP contribution in [0.4, 0.5) is 34.1 Å². The predicted octanol–water partition coefficient (Wildman–Crippen LogP) is 30.9. The Hall–Kier alpha value is -15.0. The molecule has 1 aliphatic carbocycles. The summed E-state index contributed by atoms with van der Waals surface area (Å²) in [5, 5.41) is 6.81. The maximum absolute atomic E-state index is 6.23. The molecule has 5 nitrogen and oxygen atoms in total. The first kappa shape index (κ1) is 67.1. The highest BCUT2D eigenvalue weighted by Gasteiger charge is 2.24. The Labute approximate surface area is 661 Å². The average Bonchev–Trinajstić information content (AvgIpc) is 1.60. The topological polar surface area (TPSA) is 45.9 Å². The van der Waals surface area contributed by atoms with Gasteiger partial charge in [0.2, 0.25) is 0 Å². The number of fused-ring (bicyclic) bond motifs is 12. The van der Waals surface area contributed by atoms with Crippen molar-refractivity contribution < 1.29 is 13.3 Å². The summed E-state index contributed by atoms with van der Waals surface area (Å²) >= 11 is 0. The van der Waals surface area contributed by atoms with Crippen LogP contribution in [-0.4, -0.2) is 0 Å². The van der Waals surface area contributed by atoms with E-state index in [-0.39, 0.29) is 0 Å². The van der Waals surface area contributed by atoms with Crippen molar-refractivity contribution in [1.82, 2.24) is 0 Å². The van der Waals surface area contributed by atoms with Crippen molar-refractivity contribution in [3.63, 3.8) is 0 Å². The molecule has 3 aromatic heterocycles. The van der Waals surface area contributed by atoms with Crippen molar-refractivity contribution >= 4 is 99.9 Å². The van der Waals surface area contributed by atoms with Crippen LogP contribution in [0.15, 0.2) is 438 Å². The van der Waals surface area contributed by atoms with E-state index in [2.05, 4.69) is 398 Å². The van der Waals surface area contributed by atoms with Gasteiger partial charge in [0.15, 0.2) is 0 Å². The molecule has 0 spiro atoms. The minimum Gasteiger partial charge on any atom is -0.456 e. The van der Waals surface area contributed by atoms with Gasteiger partial charge in [-0.15, -0.1) is 0 Å². The molecule has 1 aliphatic rings. The second-order valence-corrected chi connectivity index (χ2v) is 29.4. The van der Waals surface area contributed by atoms with Gasteiger partial charge in [-0.1, -0.05) is 303 Å². The number of nitrogens with zero attached hydrogens (tertiary/aromatic N) is 2. The van der Waals surface area contributed by atoms with Crippen molar-refractivity contribution in [3.05, 3.63) is 436 Å². The number of rotatable bonds is 14. The van der Waals surface area contributed by atoms with E-state index in [1.807, 2.05) is 36.4 Å². The summed E-state index contributed by atoms with van der Waals surface area (Å²) in [4.78, 5) is 4.68. The maximum Gasteiger partial charge on any atom is 0.136 e. The molecule has 0 saturated heterocycles. The zero-order valence-corrected chi connectivity index (χ0v) is 62.2. The van der Waals surface area contributed by atoms with E-state index in [1.54, 1.807) is 0 Å². The normalized spacial score (nSPS) is 11.6. The molecule has 21 aromatic rings. The number of furan rings is 3. The van der Waals surface area contributed by atoms with Gasteiger partial charge in [0.25, 0.3) is 0 Å². The first-order chi connectivity index (χ1) is 56.5. The second kappa shape index (κ2) is 28.8. The van der Waals surface area contributed by atoms with Crippen LogP contribution in [0, 0.1) is 0 Å². The third-order valence-electron chi connectivity index (χ3n) is 22.7. The second-order valence-electron chi connectivity index (χ2n) is 29.4. The number of anilines is 6. The van der Waals surface area contributed by atoms with Gasteiger partial charge in [0.1, 0.15) is 33.5 Å². The molecule has 0 unspecified atom stereocenters. The highest BCUT2D eigenvalue weighted by Crippen LogP contribution is 2.47. The zero-order chi connectivity index (χ0) is 75.4. The molecule has 22 rings (SSSR count). The summed E-state index contributed by atoms with van der Waals surface area (Å²) in [5.41, 5.74) is 36.5. The molecule has 536 valence electrons. The first-order valence-electron chi connectivity index (χ1n) is 38.9. The molecule has 3 heterocycles. The lowest BCUT2D eigenvalue weighted by molar-refractivity contribution is 0.668. The summed E-state index contributed by atoms with van der Waals surface area (Å²) < 4.78 is 18.5. The highest BCUT2D eigenvalue weighted by atomic mass is 16.3. The third-order valence-corrected chi connectivity index (χ3v) is 22.7. The minimum atomic E-state index is 0.903. The molecular weight excluding hydrogens is 1390 g/mol. The van der Waals surface area contributed by atoms with E-state index < -0.39 is 0 Å². The van der Waals surface area contributed by atoms with Crippen molar-refractivity contribution in [3.8, 4) is 100 Å². The molecule has 18 aromatic carbocycles. The molecule has 5 heteroatoms. The van der Waals surface area contributed by atoms with Gasteiger partial charge in [-0.25, -0.2) is 0 Å². The molecule has 0 radical (unpaired) electrons. The fourth-order valence-corrected chi connectivity index (χ4v) is 16.9. The fourth-order valence-electron chi connectivity index (χ4n) is 16.9. The standard InChI is InChI=1S/C55H37NO.C54H35NO2/c1-2-10-37(11-3-1)38-20-22-39(23-21-38)40-24-30-45(31-25-40)56(46-32-26-41(27-33-46)48-16-8-13-44-36-43-12-4-5-14-50(43)54(44)48)47-34-28-42(29-35-47)49-17-9-19-53-55(49)51-15-6-7-18-52(51)57-53;1-2-8-36(9-3-1)37-14-16-38(17-15-37)39-18-26-44(27-19-39)55(45-28-20-40(21-29-45)42-24-32-53-49(34-42)47-10-4-6-12-51(47)56-53)46-30-22-41(23-31-46)43-25-33-54-50(35-43)48-11-5-7-13-52(48)57-54/h1-35H,36H2;1-35H. The number of para-hydroxylation sites is 3. The van der Waals surface area contributed by atoms with E-state index >= 15 is 0 Å². The van der Waals surface area contributed by atoms with Gasteiger partial charge in [0, 0.05) is 66.4 Å². The van der Waals surface area contributed by atoms with Gasteiger partial charge in [-0.2, -0.15) is 0 Å². The van der Waals surface area contributed by atoms with E-state index in [0.717, 1.165) is 134 Å². The van der Waals surface area contributed by atoms with Crippen molar-refractivity contribution in [1.29, 1.82) is 0 Å². The number of benzene rings is 18. The van der Waals surface area contributed by atoms with E-state index in [4.69, 9.17) is 13.3 Å². The van der Waals surface area contributed by atoms with Crippen LogP contribution in [0.25, 0.3) is 166 Å². The summed E-state index contributed by atoms with van der Waals surface area (Å²) in [6.45, 7) is 0.